The maximum Gasteiger partial charge on any atom is 0.308 e. The van der Waals surface area contributed by atoms with Crippen LogP contribution in [-0.2, 0) is 35.1 Å². The molecule has 7 unspecified atom stereocenters. The number of amides is 3. The first kappa shape index (κ1) is 46.5. The summed E-state index contributed by atoms with van der Waals surface area (Å²) < 4.78 is 11.1. The topological polar surface area (TPSA) is 175 Å². The highest BCUT2D eigenvalue weighted by atomic mass is 32.1. The molecule has 56 heavy (non-hydrogen) atoms. The first-order valence-corrected chi connectivity index (χ1v) is 21.3. The van der Waals surface area contributed by atoms with Crippen molar-refractivity contribution in [2.45, 2.75) is 137 Å². The van der Waals surface area contributed by atoms with Crippen LogP contribution in [-0.4, -0.2) is 95.4 Å². The lowest BCUT2D eigenvalue weighted by molar-refractivity contribution is -0.254. The molecule has 0 aliphatic carbocycles. The summed E-state index contributed by atoms with van der Waals surface area (Å²) in [6.07, 6.45) is 4.44. The van der Waals surface area contributed by atoms with Gasteiger partial charge in [0.1, 0.15) is 22.4 Å². The Morgan fingerprint density at radius 3 is 2.30 bits per heavy atom. The van der Waals surface area contributed by atoms with Crippen LogP contribution >= 0.6 is 11.3 Å². The lowest BCUT2D eigenvalue weighted by Crippen LogP contribution is -2.58. The minimum Gasteiger partial charge on any atom is -0.466 e. The van der Waals surface area contributed by atoms with Crippen LogP contribution in [0.15, 0.2) is 29.6 Å². The number of hydrogen-bond acceptors (Lipinski definition) is 10. The molecule has 1 fully saturated rings. The molecule has 0 saturated carbocycles. The molecular formula is C42H67N6O7S+. The lowest BCUT2D eigenvalue weighted by Gasteiger charge is -2.40. The number of ether oxygens (including phenoxy) is 2. The van der Waals surface area contributed by atoms with E-state index in [1.54, 1.807) is 19.2 Å². The molecule has 1 saturated heterocycles. The van der Waals surface area contributed by atoms with Crippen molar-refractivity contribution in [1.29, 1.82) is 0 Å². The molecule has 1 aliphatic heterocycles. The molecule has 1 aromatic heterocycles. The SMILES string of the molecule is CCCN(C(=O)C(NC(=O)C1CCCCN1C)C(C)CC)C(CC(OC(C)=O)c1nc(C(=O)NC(Cc2ccc([NH3+])cc2)CC(C)C(=O)OCC)cs1)C(C)C. The first-order valence-electron chi connectivity index (χ1n) is 20.4. The molecule has 5 N–H and O–H groups in total. The number of carbonyl (C=O) groups excluding carboxylic acids is 5. The predicted octanol–water partition coefficient (Wildman–Crippen LogP) is 5.22. The molecule has 7 atom stereocenters. The fourth-order valence-electron chi connectivity index (χ4n) is 7.34. The minimum atomic E-state index is -0.827. The van der Waals surface area contributed by atoms with E-state index in [1.165, 1.54) is 18.3 Å². The maximum atomic E-state index is 14.6. The molecule has 3 amide bonds. The molecule has 2 aromatic rings. The molecule has 0 spiro atoms. The Labute approximate surface area is 337 Å². The van der Waals surface area contributed by atoms with Gasteiger partial charge in [-0.2, -0.15) is 0 Å². The number of hydrogen-bond donors (Lipinski definition) is 3. The number of thiazole rings is 1. The summed E-state index contributed by atoms with van der Waals surface area (Å²) in [6.45, 7) is 16.5. The molecular weight excluding hydrogens is 733 g/mol. The summed E-state index contributed by atoms with van der Waals surface area (Å²) in [7, 11) is 1.96. The smallest absolute Gasteiger partial charge is 0.308 e. The van der Waals surface area contributed by atoms with Gasteiger partial charge in [0.05, 0.1) is 18.6 Å². The summed E-state index contributed by atoms with van der Waals surface area (Å²) in [6, 6.07) is 5.96. The molecule has 1 aromatic carbocycles. The molecule has 0 radical (unpaired) electrons. The van der Waals surface area contributed by atoms with Gasteiger partial charge in [-0.15, -0.1) is 11.3 Å². The van der Waals surface area contributed by atoms with Crippen LogP contribution in [0, 0.1) is 17.8 Å². The Bertz CT molecular complexity index is 1580. The summed E-state index contributed by atoms with van der Waals surface area (Å²) in [5.41, 5.74) is 5.97. The Balaban J connectivity index is 1.88. The quantitative estimate of drug-likeness (QED) is 0.143. The highest BCUT2D eigenvalue weighted by Crippen LogP contribution is 2.32. The number of benzene rings is 1. The van der Waals surface area contributed by atoms with Gasteiger partial charge in [0.15, 0.2) is 6.10 Å². The average Bonchev–Trinajstić information content (AvgIpc) is 3.66. The van der Waals surface area contributed by atoms with E-state index in [1.807, 2.05) is 70.8 Å². The second-order valence-corrected chi connectivity index (χ2v) is 16.6. The number of esters is 2. The van der Waals surface area contributed by atoms with Crippen LogP contribution in [0.4, 0.5) is 5.69 Å². The first-order chi connectivity index (χ1) is 26.6. The lowest BCUT2D eigenvalue weighted by atomic mass is 9.92. The van der Waals surface area contributed by atoms with Gasteiger partial charge in [-0.05, 0) is 82.2 Å². The third-order valence-electron chi connectivity index (χ3n) is 10.7. The van der Waals surface area contributed by atoms with Crippen molar-refractivity contribution in [2.24, 2.45) is 17.8 Å². The van der Waals surface area contributed by atoms with E-state index in [-0.39, 0.29) is 60.4 Å². The number of likely N-dealkylation sites (N-methyl/N-ethyl adjacent to an activating group) is 1. The monoisotopic (exact) mass is 799 g/mol. The number of nitrogens with zero attached hydrogens (tertiary/aromatic N) is 3. The van der Waals surface area contributed by atoms with Gasteiger partial charge in [-0.1, -0.05) is 66.5 Å². The minimum absolute atomic E-state index is 0.0382. The third-order valence-corrected chi connectivity index (χ3v) is 11.7. The number of likely N-dealkylation sites (tertiary alicyclic amines) is 1. The maximum absolute atomic E-state index is 14.6. The van der Waals surface area contributed by atoms with Gasteiger partial charge >= 0.3 is 11.9 Å². The fraction of sp³-hybridized carbons (Fsp3) is 0.667. The van der Waals surface area contributed by atoms with E-state index in [9.17, 15) is 24.0 Å². The number of rotatable bonds is 21. The summed E-state index contributed by atoms with van der Waals surface area (Å²) in [5.74, 6) is -2.12. The Hall–Kier alpha value is -3.88. The van der Waals surface area contributed by atoms with Crippen LogP contribution in [0.2, 0.25) is 0 Å². The molecule has 2 heterocycles. The third kappa shape index (κ3) is 13.7. The van der Waals surface area contributed by atoms with Gasteiger partial charge in [-0.25, -0.2) is 4.98 Å². The van der Waals surface area contributed by atoms with Crippen LogP contribution < -0.4 is 16.4 Å². The van der Waals surface area contributed by atoms with Gasteiger partial charge < -0.3 is 30.7 Å². The van der Waals surface area contributed by atoms with Gasteiger partial charge in [-0.3, -0.25) is 28.9 Å². The normalized spacial score (nSPS) is 17.9. The average molecular weight is 800 g/mol. The molecule has 13 nitrogen and oxygen atoms in total. The summed E-state index contributed by atoms with van der Waals surface area (Å²) >= 11 is 1.22. The largest absolute Gasteiger partial charge is 0.466 e. The van der Waals surface area contributed by atoms with Crippen LogP contribution in [0.1, 0.15) is 127 Å². The highest BCUT2D eigenvalue weighted by Gasteiger charge is 2.38. The number of carbonyl (C=O) groups is 5. The van der Waals surface area contributed by atoms with E-state index in [2.05, 4.69) is 26.3 Å². The van der Waals surface area contributed by atoms with Gasteiger partial charge in [0.2, 0.25) is 11.8 Å². The van der Waals surface area contributed by atoms with Gasteiger partial charge in [0.25, 0.3) is 5.91 Å². The zero-order valence-corrected chi connectivity index (χ0v) is 35.9. The Kier molecular flexibility index (Phi) is 18.9. The summed E-state index contributed by atoms with van der Waals surface area (Å²) in [5, 5.41) is 8.31. The highest BCUT2D eigenvalue weighted by molar-refractivity contribution is 7.09. The van der Waals surface area contributed by atoms with Crippen LogP contribution in [0.3, 0.4) is 0 Å². The number of piperidine rings is 1. The van der Waals surface area contributed by atoms with E-state index in [4.69, 9.17) is 9.47 Å². The molecule has 1 aliphatic rings. The summed E-state index contributed by atoms with van der Waals surface area (Å²) in [4.78, 5) is 75.6. The van der Waals surface area contributed by atoms with E-state index >= 15 is 0 Å². The number of nitrogens with one attached hydrogen (secondary N) is 2. The second kappa shape index (κ2) is 22.8. The predicted molar refractivity (Wildman–Crippen MR) is 218 cm³/mol. The number of quaternary nitrogens is 1. The molecule has 312 valence electrons. The molecule has 14 heteroatoms. The van der Waals surface area contributed by atoms with E-state index < -0.39 is 36.0 Å². The fourth-order valence-corrected chi connectivity index (χ4v) is 8.18. The zero-order valence-electron chi connectivity index (χ0n) is 35.1. The van der Waals surface area contributed by atoms with Gasteiger partial charge in [0, 0.05) is 37.4 Å². The molecule has 0 bridgehead atoms. The Morgan fingerprint density at radius 1 is 1.02 bits per heavy atom. The van der Waals surface area contributed by atoms with E-state index in [0.717, 1.165) is 37.1 Å². The van der Waals surface area contributed by atoms with E-state index in [0.29, 0.717) is 37.2 Å². The molecule has 3 rings (SSSR count). The van der Waals surface area contributed by atoms with Crippen molar-refractivity contribution in [2.75, 3.05) is 26.7 Å². The van der Waals surface area contributed by atoms with Crippen molar-refractivity contribution in [3.05, 3.63) is 45.9 Å². The van der Waals surface area contributed by atoms with Crippen molar-refractivity contribution in [3.63, 3.8) is 0 Å². The Morgan fingerprint density at radius 2 is 1.71 bits per heavy atom. The standard InChI is InChI=1S/C42H66N6O7S/c1-10-20-48(41(52)37(27(6)11-2)46-39(51)34-15-13-14-21-47(34)9)35(26(4)5)24-36(55-29(8)49)40-45-33(25-56-40)38(50)44-32(22-28(7)42(53)54-12-3)23-30-16-18-31(43)19-17-30/h16-19,25-28,32,34-37H,10-15,20-24,43H2,1-9H3,(H,44,50)(H,46,51)/p+1. The van der Waals surface area contributed by atoms with Crippen molar-refractivity contribution >= 4 is 46.7 Å². The van der Waals surface area contributed by atoms with Crippen LogP contribution in [0.25, 0.3) is 0 Å². The van der Waals surface area contributed by atoms with Crippen molar-refractivity contribution < 1.29 is 39.2 Å². The second-order valence-electron chi connectivity index (χ2n) is 15.7. The zero-order chi connectivity index (χ0) is 41.5. The van der Waals surface area contributed by atoms with Crippen molar-refractivity contribution in [1.82, 2.24) is 25.4 Å². The number of aromatic nitrogens is 1. The van der Waals surface area contributed by atoms with Crippen molar-refractivity contribution in [3.8, 4) is 0 Å². The van der Waals surface area contributed by atoms with Crippen LogP contribution in [0.5, 0.6) is 0 Å².